The van der Waals surface area contributed by atoms with Gasteiger partial charge in [-0.2, -0.15) is 0 Å². The summed E-state index contributed by atoms with van der Waals surface area (Å²) in [5, 5.41) is 2.60. The molecule has 84 valence electrons. The van der Waals surface area contributed by atoms with E-state index in [1.807, 2.05) is 32.9 Å². The molecule has 0 aliphatic carbocycles. The van der Waals surface area contributed by atoms with Gasteiger partial charge in [0.1, 0.15) is 0 Å². The zero-order valence-electron chi connectivity index (χ0n) is 9.92. The Bertz CT molecular complexity index is 313. The Morgan fingerprint density at radius 3 is 2.73 bits per heavy atom. The number of allylic oxidation sites excluding steroid dienone is 2. The first-order chi connectivity index (χ1) is 7.29. The molecule has 3 nitrogen and oxygen atoms in total. The highest BCUT2D eigenvalue weighted by atomic mass is 16.1. The van der Waals surface area contributed by atoms with Crippen LogP contribution in [0.4, 0.5) is 0 Å². The van der Waals surface area contributed by atoms with E-state index in [0.717, 1.165) is 17.7 Å². The highest BCUT2D eigenvalue weighted by Crippen LogP contribution is 2.07. The summed E-state index contributed by atoms with van der Waals surface area (Å²) in [5.74, 6) is -0.0410. The molecule has 3 heteroatoms. The van der Waals surface area contributed by atoms with Crippen LogP contribution in [0, 0.1) is 0 Å². The number of carbonyl (C=O) groups is 1. The van der Waals surface area contributed by atoms with Gasteiger partial charge in [-0.05, 0) is 13.0 Å². The van der Waals surface area contributed by atoms with Gasteiger partial charge < -0.3 is 10.3 Å². The number of hydrogen-bond donors (Lipinski definition) is 2. The SMILES string of the molecule is CC.CC=CCc1[nH]ccc1C(=O)NC. The molecule has 0 fully saturated rings. The number of carbonyl (C=O) groups excluding carboxylic acids is 1. The summed E-state index contributed by atoms with van der Waals surface area (Å²) in [5.41, 5.74) is 1.68. The standard InChI is InChI=1S/C10H14N2O.C2H6/c1-3-4-5-9-8(6-7-12-9)10(13)11-2;1-2/h3-4,6-7,12H,5H2,1-2H3,(H,11,13);1-2H3. The van der Waals surface area contributed by atoms with Crippen LogP contribution < -0.4 is 5.32 Å². The first-order valence-corrected chi connectivity index (χ1v) is 5.29. The van der Waals surface area contributed by atoms with Crippen molar-refractivity contribution in [2.45, 2.75) is 27.2 Å². The van der Waals surface area contributed by atoms with Crippen molar-refractivity contribution in [2.24, 2.45) is 0 Å². The van der Waals surface area contributed by atoms with Gasteiger partial charge >= 0.3 is 0 Å². The van der Waals surface area contributed by atoms with Crippen molar-refractivity contribution in [2.75, 3.05) is 7.05 Å². The number of rotatable bonds is 3. The minimum Gasteiger partial charge on any atom is -0.364 e. The van der Waals surface area contributed by atoms with Crippen LogP contribution in [0.2, 0.25) is 0 Å². The van der Waals surface area contributed by atoms with E-state index in [0.29, 0.717) is 0 Å². The molecule has 0 saturated heterocycles. The van der Waals surface area contributed by atoms with E-state index < -0.39 is 0 Å². The molecule has 0 aromatic carbocycles. The summed E-state index contributed by atoms with van der Waals surface area (Å²) in [4.78, 5) is 14.3. The molecule has 0 saturated carbocycles. The zero-order valence-corrected chi connectivity index (χ0v) is 9.92. The molecule has 1 rings (SSSR count). The predicted molar refractivity (Wildman–Crippen MR) is 64.0 cm³/mol. The number of hydrogen-bond acceptors (Lipinski definition) is 1. The Morgan fingerprint density at radius 2 is 2.20 bits per heavy atom. The summed E-state index contributed by atoms with van der Waals surface area (Å²) in [6, 6.07) is 1.79. The fraction of sp³-hybridized carbons (Fsp3) is 0.417. The van der Waals surface area contributed by atoms with E-state index in [-0.39, 0.29) is 5.91 Å². The summed E-state index contributed by atoms with van der Waals surface area (Å²) < 4.78 is 0. The lowest BCUT2D eigenvalue weighted by Crippen LogP contribution is -2.18. The normalized spacial score (nSPS) is 9.60. The lowest BCUT2D eigenvalue weighted by molar-refractivity contribution is 0.0962. The van der Waals surface area contributed by atoms with Crippen molar-refractivity contribution in [1.82, 2.24) is 10.3 Å². The lowest BCUT2D eigenvalue weighted by atomic mass is 10.2. The molecule has 0 spiro atoms. The van der Waals surface area contributed by atoms with Crippen molar-refractivity contribution in [3.63, 3.8) is 0 Å². The number of H-pyrrole nitrogens is 1. The molecule has 1 amide bonds. The smallest absolute Gasteiger partial charge is 0.252 e. The molecular weight excluding hydrogens is 188 g/mol. The highest BCUT2D eigenvalue weighted by Gasteiger charge is 2.08. The van der Waals surface area contributed by atoms with Crippen LogP contribution in [0.3, 0.4) is 0 Å². The molecule has 0 bridgehead atoms. The monoisotopic (exact) mass is 208 g/mol. The first kappa shape index (κ1) is 13.5. The van der Waals surface area contributed by atoms with Crippen LogP contribution in [0.5, 0.6) is 0 Å². The maximum atomic E-state index is 11.3. The van der Waals surface area contributed by atoms with E-state index in [2.05, 4.69) is 10.3 Å². The van der Waals surface area contributed by atoms with Gasteiger partial charge in [-0.3, -0.25) is 4.79 Å². The maximum Gasteiger partial charge on any atom is 0.252 e. The van der Waals surface area contributed by atoms with Crippen LogP contribution in [0.1, 0.15) is 36.8 Å². The quantitative estimate of drug-likeness (QED) is 0.737. The van der Waals surface area contributed by atoms with Crippen LogP contribution in [-0.2, 0) is 6.42 Å². The first-order valence-electron chi connectivity index (χ1n) is 5.29. The number of amides is 1. The summed E-state index contributed by atoms with van der Waals surface area (Å²) >= 11 is 0. The molecule has 0 unspecified atom stereocenters. The second-order valence-corrected chi connectivity index (χ2v) is 2.72. The van der Waals surface area contributed by atoms with Gasteiger partial charge in [-0.25, -0.2) is 0 Å². The van der Waals surface area contributed by atoms with E-state index in [9.17, 15) is 4.79 Å². The molecule has 0 aliphatic heterocycles. The fourth-order valence-corrected chi connectivity index (χ4v) is 1.16. The molecule has 15 heavy (non-hydrogen) atoms. The molecule has 0 radical (unpaired) electrons. The van der Waals surface area contributed by atoms with E-state index >= 15 is 0 Å². The average molecular weight is 208 g/mol. The van der Waals surface area contributed by atoms with Crippen molar-refractivity contribution >= 4 is 5.91 Å². The van der Waals surface area contributed by atoms with Crippen molar-refractivity contribution < 1.29 is 4.79 Å². The van der Waals surface area contributed by atoms with Crippen molar-refractivity contribution in [1.29, 1.82) is 0 Å². The molecular formula is C12H20N2O. The molecule has 2 N–H and O–H groups in total. The van der Waals surface area contributed by atoms with Crippen LogP contribution in [0.25, 0.3) is 0 Å². The van der Waals surface area contributed by atoms with Crippen LogP contribution in [0.15, 0.2) is 24.4 Å². The average Bonchev–Trinajstić information content (AvgIpc) is 2.76. The Kier molecular flexibility index (Phi) is 7.06. The van der Waals surface area contributed by atoms with Gasteiger partial charge in [0, 0.05) is 25.4 Å². The molecule has 0 atom stereocenters. The topological polar surface area (TPSA) is 44.9 Å². The largest absolute Gasteiger partial charge is 0.364 e. The van der Waals surface area contributed by atoms with E-state index in [4.69, 9.17) is 0 Å². The summed E-state index contributed by atoms with van der Waals surface area (Å²) in [7, 11) is 1.63. The number of aromatic nitrogens is 1. The summed E-state index contributed by atoms with van der Waals surface area (Å²) in [6.07, 6.45) is 6.53. The van der Waals surface area contributed by atoms with Gasteiger partial charge in [0.25, 0.3) is 5.91 Å². The molecule has 1 aromatic heterocycles. The van der Waals surface area contributed by atoms with Gasteiger partial charge in [-0.1, -0.05) is 26.0 Å². The third-order valence-electron chi connectivity index (χ3n) is 1.86. The Hall–Kier alpha value is -1.51. The highest BCUT2D eigenvalue weighted by molar-refractivity contribution is 5.95. The third kappa shape index (κ3) is 4.02. The Balaban J connectivity index is 0.000000921. The fourth-order valence-electron chi connectivity index (χ4n) is 1.16. The van der Waals surface area contributed by atoms with Gasteiger partial charge in [0.2, 0.25) is 0 Å². The molecule has 0 aliphatic rings. The van der Waals surface area contributed by atoms with Gasteiger partial charge in [0.05, 0.1) is 5.56 Å². The summed E-state index contributed by atoms with van der Waals surface area (Å²) in [6.45, 7) is 5.96. The molecule has 1 heterocycles. The van der Waals surface area contributed by atoms with Gasteiger partial charge in [0.15, 0.2) is 0 Å². The Morgan fingerprint density at radius 1 is 1.53 bits per heavy atom. The van der Waals surface area contributed by atoms with Gasteiger partial charge in [-0.15, -0.1) is 0 Å². The van der Waals surface area contributed by atoms with Crippen molar-refractivity contribution in [3.8, 4) is 0 Å². The minimum absolute atomic E-state index is 0.0410. The Labute approximate surface area is 91.6 Å². The molecule has 1 aromatic rings. The van der Waals surface area contributed by atoms with Crippen molar-refractivity contribution in [3.05, 3.63) is 35.7 Å². The number of nitrogens with one attached hydrogen (secondary N) is 2. The third-order valence-corrected chi connectivity index (χ3v) is 1.86. The second-order valence-electron chi connectivity index (χ2n) is 2.72. The zero-order chi connectivity index (χ0) is 11.7. The maximum absolute atomic E-state index is 11.3. The van der Waals surface area contributed by atoms with Crippen LogP contribution >= 0.6 is 0 Å². The van der Waals surface area contributed by atoms with E-state index in [1.54, 1.807) is 19.3 Å². The number of aromatic amines is 1. The second kappa shape index (κ2) is 7.85. The lowest BCUT2D eigenvalue weighted by Gasteiger charge is -1.99. The van der Waals surface area contributed by atoms with E-state index in [1.165, 1.54) is 0 Å². The minimum atomic E-state index is -0.0410. The predicted octanol–water partition coefficient (Wildman–Crippen LogP) is 2.52. The van der Waals surface area contributed by atoms with Crippen LogP contribution in [-0.4, -0.2) is 17.9 Å².